The molecule has 0 radical (unpaired) electrons. The number of hydrogen-bond donors (Lipinski definition) is 0. The zero-order valence-electron chi connectivity index (χ0n) is 13.1. The average Bonchev–Trinajstić information content (AvgIpc) is 2.79. The second-order valence-corrected chi connectivity index (χ2v) is 5.17. The molecule has 0 aliphatic carbocycles. The highest BCUT2D eigenvalue weighted by atomic mass is 16.5. The van der Waals surface area contributed by atoms with E-state index in [4.69, 9.17) is 4.74 Å². The number of hydrogen-bond acceptors (Lipinski definition) is 3. The molecule has 2 rings (SSSR count). The maximum atomic E-state index is 12.7. The molecule has 0 aliphatic heterocycles. The number of aromatic nitrogens is 2. The third-order valence-electron chi connectivity index (χ3n) is 3.75. The van der Waals surface area contributed by atoms with Gasteiger partial charge in [-0.05, 0) is 44.4 Å². The van der Waals surface area contributed by atoms with Crippen LogP contribution in [-0.4, -0.2) is 22.8 Å². The molecular weight excluding hydrogens is 264 g/mol. The van der Waals surface area contributed by atoms with Crippen LogP contribution in [0.4, 0.5) is 0 Å². The Balaban J connectivity index is 2.40. The van der Waals surface area contributed by atoms with E-state index in [1.54, 1.807) is 19.2 Å². The Hall–Kier alpha value is -2.10. The van der Waals surface area contributed by atoms with Crippen molar-refractivity contribution in [1.82, 2.24) is 9.78 Å². The van der Waals surface area contributed by atoms with Gasteiger partial charge in [0.05, 0.1) is 18.4 Å². The van der Waals surface area contributed by atoms with E-state index in [1.807, 2.05) is 26.0 Å². The number of unbranched alkanes of at least 4 members (excludes halogenated alkanes) is 1. The molecule has 4 heteroatoms. The van der Waals surface area contributed by atoms with Crippen molar-refractivity contribution in [2.24, 2.45) is 0 Å². The van der Waals surface area contributed by atoms with Crippen LogP contribution in [0.3, 0.4) is 0 Å². The summed E-state index contributed by atoms with van der Waals surface area (Å²) in [5, 5.41) is 4.43. The molecule has 0 saturated carbocycles. The number of benzene rings is 1. The van der Waals surface area contributed by atoms with Gasteiger partial charge < -0.3 is 4.74 Å². The molecule has 112 valence electrons. The van der Waals surface area contributed by atoms with E-state index in [2.05, 4.69) is 12.0 Å². The van der Waals surface area contributed by atoms with Gasteiger partial charge in [0, 0.05) is 5.69 Å². The molecule has 21 heavy (non-hydrogen) atoms. The number of aryl methyl sites for hydroxylation is 1. The summed E-state index contributed by atoms with van der Waals surface area (Å²) < 4.78 is 6.77. The maximum absolute atomic E-state index is 12.7. The van der Waals surface area contributed by atoms with Gasteiger partial charge in [0.25, 0.3) is 5.91 Å². The minimum atomic E-state index is -0.143. The Bertz CT molecular complexity index is 644. The van der Waals surface area contributed by atoms with E-state index in [-0.39, 0.29) is 5.91 Å². The molecule has 1 heterocycles. The zero-order chi connectivity index (χ0) is 15.4. The molecule has 0 aliphatic rings. The van der Waals surface area contributed by atoms with Gasteiger partial charge in [0.1, 0.15) is 5.75 Å². The van der Waals surface area contributed by atoms with Crippen LogP contribution in [0.5, 0.6) is 5.75 Å². The van der Waals surface area contributed by atoms with Crippen molar-refractivity contribution in [1.29, 1.82) is 0 Å². The standard InChI is InChI=1S/C17H22N2O2/c1-5-6-9-14-12(2)18-19(13(14)3)17(20)15-10-7-8-11-16(15)21-4/h7-8,10-11H,5-6,9H2,1-4H3. The van der Waals surface area contributed by atoms with E-state index in [0.717, 1.165) is 30.7 Å². The summed E-state index contributed by atoms with van der Waals surface area (Å²) in [7, 11) is 1.57. The summed E-state index contributed by atoms with van der Waals surface area (Å²) >= 11 is 0. The molecule has 0 N–H and O–H groups in total. The number of nitrogens with zero attached hydrogens (tertiary/aromatic N) is 2. The van der Waals surface area contributed by atoms with Crippen molar-refractivity contribution >= 4 is 5.91 Å². The molecule has 0 amide bonds. The minimum Gasteiger partial charge on any atom is -0.496 e. The SMILES string of the molecule is CCCCc1c(C)nn(C(=O)c2ccccc2OC)c1C. The fourth-order valence-corrected chi connectivity index (χ4v) is 2.52. The monoisotopic (exact) mass is 286 g/mol. The van der Waals surface area contributed by atoms with Gasteiger partial charge in [-0.1, -0.05) is 25.5 Å². The fourth-order valence-electron chi connectivity index (χ4n) is 2.52. The molecule has 0 atom stereocenters. The quantitative estimate of drug-likeness (QED) is 0.844. The predicted octanol–water partition coefficient (Wildman–Crippen LogP) is 3.54. The van der Waals surface area contributed by atoms with E-state index >= 15 is 0 Å². The predicted molar refractivity (Wildman–Crippen MR) is 83.0 cm³/mol. The second kappa shape index (κ2) is 6.57. The highest BCUT2D eigenvalue weighted by molar-refractivity contribution is 5.98. The van der Waals surface area contributed by atoms with Gasteiger partial charge in [0.15, 0.2) is 0 Å². The lowest BCUT2D eigenvalue weighted by Crippen LogP contribution is -2.16. The molecule has 0 fully saturated rings. The third-order valence-corrected chi connectivity index (χ3v) is 3.75. The summed E-state index contributed by atoms with van der Waals surface area (Å²) in [4.78, 5) is 12.7. The minimum absolute atomic E-state index is 0.143. The van der Waals surface area contributed by atoms with E-state index in [1.165, 1.54) is 10.2 Å². The van der Waals surface area contributed by atoms with Crippen LogP contribution >= 0.6 is 0 Å². The largest absolute Gasteiger partial charge is 0.496 e. The van der Waals surface area contributed by atoms with Crippen LogP contribution in [0.1, 0.15) is 47.1 Å². The first kappa shape index (κ1) is 15.3. The van der Waals surface area contributed by atoms with Crippen molar-refractivity contribution < 1.29 is 9.53 Å². The second-order valence-electron chi connectivity index (χ2n) is 5.17. The summed E-state index contributed by atoms with van der Waals surface area (Å²) in [5.74, 6) is 0.431. The summed E-state index contributed by atoms with van der Waals surface area (Å²) in [6, 6.07) is 7.24. The number of para-hydroxylation sites is 1. The van der Waals surface area contributed by atoms with Gasteiger partial charge in [-0.25, -0.2) is 4.68 Å². The van der Waals surface area contributed by atoms with Crippen LogP contribution in [0, 0.1) is 13.8 Å². The first-order chi connectivity index (χ1) is 10.1. The number of carbonyl (C=O) groups excluding carboxylic acids is 1. The van der Waals surface area contributed by atoms with E-state index in [0.29, 0.717) is 11.3 Å². The number of methoxy groups -OCH3 is 1. The van der Waals surface area contributed by atoms with Crippen LogP contribution in [0.15, 0.2) is 24.3 Å². The van der Waals surface area contributed by atoms with Crippen LogP contribution in [0.2, 0.25) is 0 Å². The van der Waals surface area contributed by atoms with Gasteiger partial charge in [0.2, 0.25) is 0 Å². The zero-order valence-corrected chi connectivity index (χ0v) is 13.1. The first-order valence-electron chi connectivity index (χ1n) is 7.33. The Kier molecular flexibility index (Phi) is 4.78. The highest BCUT2D eigenvalue weighted by Crippen LogP contribution is 2.22. The van der Waals surface area contributed by atoms with Gasteiger partial charge in [-0.3, -0.25) is 4.79 Å². The number of ether oxygens (including phenoxy) is 1. The third kappa shape index (κ3) is 2.99. The van der Waals surface area contributed by atoms with Crippen molar-refractivity contribution in [3.8, 4) is 5.75 Å². The summed E-state index contributed by atoms with van der Waals surface area (Å²) in [6.07, 6.45) is 3.20. The Morgan fingerprint density at radius 2 is 2.00 bits per heavy atom. The average molecular weight is 286 g/mol. The lowest BCUT2D eigenvalue weighted by Gasteiger charge is -2.08. The maximum Gasteiger partial charge on any atom is 0.282 e. The van der Waals surface area contributed by atoms with Gasteiger partial charge in [-0.2, -0.15) is 5.10 Å². The molecule has 1 aromatic heterocycles. The molecule has 1 aromatic carbocycles. The van der Waals surface area contributed by atoms with Crippen LogP contribution < -0.4 is 4.74 Å². The lowest BCUT2D eigenvalue weighted by atomic mass is 10.1. The van der Waals surface area contributed by atoms with Crippen molar-refractivity contribution in [2.75, 3.05) is 7.11 Å². The van der Waals surface area contributed by atoms with Crippen molar-refractivity contribution in [3.05, 3.63) is 46.8 Å². The van der Waals surface area contributed by atoms with Crippen molar-refractivity contribution in [2.45, 2.75) is 40.0 Å². The molecule has 0 spiro atoms. The molecule has 2 aromatic rings. The van der Waals surface area contributed by atoms with E-state index in [9.17, 15) is 4.79 Å². The van der Waals surface area contributed by atoms with Gasteiger partial charge >= 0.3 is 0 Å². The Labute approximate surface area is 125 Å². The normalized spacial score (nSPS) is 10.7. The Morgan fingerprint density at radius 1 is 1.29 bits per heavy atom. The molecule has 0 bridgehead atoms. The van der Waals surface area contributed by atoms with Crippen LogP contribution in [-0.2, 0) is 6.42 Å². The summed E-state index contributed by atoms with van der Waals surface area (Å²) in [6.45, 7) is 6.08. The fraction of sp³-hybridized carbons (Fsp3) is 0.412. The molecular formula is C17H22N2O2. The lowest BCUT2D eigenvalue weighted by molar-refractivity contribution is 0.0939. The van der Waals surface area contributed by atoms with Crippen molar-refractivity contribution in [3.63, 3.8) is 0 Å². The molecule has 4 nitrogen and oxygen atoms in total. The Morgan fingerprint density at radius 3 is 2.67 bits per heavy atom. The highest BCUT2D eigenvalue weighted by Gasteiger charge is 2.20. The first-order valence-corrected chi connectivity index (χ1v) is 7.33. The number of carbonyl (C=O) groups is 1. The van der Waals surface area contributed by atoms with Gasteiger partial charge in [-0.15, -0.1) is 0 Å². The molecule has 0 unspecified atom stereocenters. The van der Waals surface area contributed by atoms with E-state index < -0.39 is 0 Å². The number of rotatable bonds is 5. The smallest absolute Gasteiger partial charge is 0.282 e. The topological polar surface area (TPSA) is 44.1 Å². The molecule has 0 saturated heterocycles. The summed E-state index contributed by atoms with van der Waals surface area (Å²) in [5.41, 5.74) is 3.58. The van der Waals surface area contributed by atoms with Crippen LogP contribution in [0.25, 0.3) is 0 Å².